The van der Waals surface area contributed by atoms with E-state index >= 15 is 0 Å². The van der Waals surface area contributed by atoms with Gasteiger partial charge in [0, 0.05) is 24.8 Å². The van der Waals surface area contributed by atoms with Crippen LogP contribution in [0.15, 0.2) is 42.6 Å². The summed E-state index contributed by atoms with van der Waals surface area (Å²) in [5.74, 6) is 1.08. The number of nitrogens with one attached hydrogen (secondary N) is 1. The van der Waals surface area contributed by atoms with E-state index in [9.17, 15) is 0 Å². The van der Waals surface area contributed by atoms with E-state index in [4.69, 9.17) is 10.5 Å². The topological polar surface area (TPSA) is 73.1 Å². The van der Waals surface area contributed by atoms with Crippen LogP contribution in [0.5, 0.6) is 5.88 Å². The Morgan fingerprint density at radius 3 is 2.65 bits per heavy atom. The molecule has 2 aromatic rings. The van der Waals surface area contributed by atoms with E-state index in [-0.39, 0.29) is 12.1 Å². The van der Waals surface area contributed by atoms with Gasteiger partial charge in [0.15, 0.2) is 0 Å². The van der Waals surface area contributed by atoms with Crippen LogP contribution in [0.2, 0.25) is 0 Å². The Hall–Kier alpha value is -2.14. The van der Waals surface area contributed by atoms with E-state index in [1.807, 2.05) is 44.2 Å². The first-order chi connectivity index (χ1) is 9.65. The number of nitrogens with zero attached hydrogens (tertiary/aromatic N) is 2. The lowest BCUT2D eigenvalue weighted by atomic mass is 10.1. The van der Waals surface area contributed by atoms with Gasteiger partial charge in [0.05, 0.1) is 6.10 Å². The van der Waals surface area contributed by atoms with Gasteiger partial charge in [-0.3, -0.25) is 0 Å². The van der Waals surface area contributed by atoms with Crippen molar-refractivity contribution in [2.45, 2.75) is 26.0 Å². The maximum atomic E-state index is 6.11. The third-order valence-corrected chi connectivity index (χ3v) is 2.69. The number of ether oxygens (including phenoxy) is 1. The van der Waals surface area contributed by atoms with Crippen molar-refractivity contribution in [3.05, 3.63) is 48.2 Å². The van der Waals surface area contributed by atoms with Gasteiger partial charge in [0.1, 0.15) is 0 Å². The van der Waals surface area contributed by atoms with Crippen LogP contribution in [-0.2, 0) is 0 Å². The molecule has 1 aromatic carbocycles. The smallest absolute Gasteiger partial charge is 0.226 e. The minimum absolute atomic E-state index is 0.0873. The van der Waals surface area contributed by atoms with E-state index < -0.39 is 0 Å². The molecule has 20 heavy (non-hydrogen) atoms. The zero-order valence-electron chi connectivity index (χ0n) is 11.8. The van der Waals surface area contributed by atoms with Crippen LogP contribution in [0.4, 0.5) is 5.95 Å². The van der Waals surface area contributed by atoms with E-state index in [2.05, 4.69) is 15.3 Å². The van der Waals surface area contributed by atoms with E-state index in [1.165, 1.54) is 0 Å². The van der Waals surface area contributed by atoms with E-state index in [0.29, 0.717) is 18.4 Å². The molecule has 106 valence electrons. The van der Waals surface area contributed by atoms with Crippen molar-refractivity contribution in [2.75, 3.05) is 11.9 Å². The summed E-state index contributed by atoms with van der Waals surface area (Å²) in [6, 6.07) is 11.6. The number of rotatable bonds is 6. The van der Waals surface area contributed by atoms with Crippen molar-refractivity contribution in [1.29, 1.82) is 0 Å². The Labute approximate surface area is 119 Å². The Morgan fingerprint density at radius 1 is 1.20 bits per heavy atom. The highest BCUT2D eigenvalue weighted by Gasteiger charge is 2.07. The van der Waals surface area contributed by atoms with Crippen LogP contribution < -0.4 is 15.8 Å². The lowest BCUT2D eigenvalue weighted by molar-refractivity contribution is 0.232. The molecule has 3 N–H and O–H groups in total. The van der Waals surface area contributed by atoms with Gasteiger partial charge >= 0.3 is 0 Å². The molecule has 0 radical (unpaired) electrons. The van der Waals surface area contributed by atoms with Crippen LogP contribution in [0.3, 0.4) is 0 Å². The molecule has 0 amide bonds. The molecule has 1 unspecified atom stereocenters. The maximum Gasteiger partial charge on any atom is 0.226 e. The Balaban J connectivity index is 1.94. The van der Waals surface area contributed by atoms with Crippen molar-refractivity contribution in [3.63, 3.8) is 0 Å². The van der Waals surface area contributed by atoms with E-state index in [1.54, 1.807) is 12.3 Å². The van der Waals surface area contributed by atoms with Gasteiger partial charge < -0.3 is 15.8 Å². The molecule has 1 heterocycles. The summed E-state index contributed by atoms with van der Waals surface area (Å²) >= 11 is 0. The van der Waals surface area contributed by atoms with Crippen LogP contribution in [0, 0.1) is 0 Å². The number of hydrogen-bond donors (Lipinski definition) is 2. The van der Waals surface area contributed by atoms with Crippen molar-refractivity contribution < 1.29 is 4.74 Å². The summed E-state index contributed by atoms with van der Waals surface area (Å²) in [6.07, 6.45) is 1.76. The highest BCUT2D eigenvalue weighted by Crippen LogP contribution is 2.13. The molecule has 2 rings (SSSR count). The van der Waals surface area contributed by atoms with Gasteiger partial charge in [0.2, 0.25) is 11.8 Å². The van der Waals surface area contributed by atoms with Crippen molar-refractivity contribution in [3.8, 4) is 5.88 Å². The van der Waals surface area contributed by atoms with Gasteiger partial charge in [-0.2, -0.15) is 4.98 Å². The van der Waals surface area contributed by atoms with Crippen molar-refractivity contribution in [2.24, 2.45) is 5.73 Å². The molecule has 0 aliphatic heterocycles. The molecule has 1 aromatic heterocycles. The molecule has 0 aliphatic rings. The fourth-order valence-electron chi connectivity index (χ4n) is 1.75. The highest BCUT2D eigenvalue weighted by molar-refractivity contribution is 5.29. The highest BCUT2D eigenvalue weighted by atomic mass is 16.5. The molecule has 5 nitrogen and oxygen atoms in total. The summed E-state index contributed by atoms with van der Waals surface area (Å²) in [6.45, 7) is 4.48. The summed E-state index contributed by atoms with van der Waals surface area (Å²) in [4.78, 5) is 8.43. The minimum Gasteiger partial charge on any atom is -0.475 e. The van der Waals surface area contributed by atoms with Crippen LogP contribution in [-0.4, -0.2) is 22.6 Å². The second-order valence-corrected chi connectivity index (χ2v) is 4.78. The average molecular weight is 272 g/mol. The average Bonchev–Trinajstić information content (AvgIpc) is 2.45. The Bertz CT molecular complexity index is 530. The zero-order valence-corrected chi connectivity index (χ0v) is 11.8. The molecular formula is C15H20N4O. The first-order valence-corrected chi connectivity index (χ1v) is 6.69. The lowest BCUT2D eigenvalue weighted by Crippen LogP contribution is -2.21. The fourth-order valence-corrected chi connectivity index (χ4v) is 1.75. The first kappa shape index (κ1) is 14.3. The third kappa shape index (κ3) is 4.20. The van der Waals surface area contributed by atoms with Gasteiger partial charge in [-0.05, 0) is 19.4 Å². The normalized spacial score (nSPS) is 12.2. The Kier molecular flexibility index (Phi) is 4.90. The quantitative estimate of drug-likeness (QED) is 0.844. The summed E-state index contributed by atoms with van der Waals surface area (Å²) in [7, 11) is 0. The molecule has 0 spiro atoms. The molecule has 0 saturated carbocycles. The number of anilines is 1. The summed E-state index contributed by atoms with van der Waals surface area (Å²) < 4.78 is 5.52. The van der Waals surface area contributed by atoms with Crippen LogP contribution in [0.25, 0.3) is 0 Å². The fraction of sp³-hybridized carbons (Fsp3) is 0.333. The van der Waals surface area contributed by atoms with Gasteiger partial charge in [-0.15, -0.1) is 0 Å². The molecule has 0 bridgehead atoms. The SMILES string of the molecule is CC(C)Oc1ccnc(NCC(N)c2ccccc2)n1. The number of aromatic nitrogens is 2. The van der Waals surface area contributed by atoms with Crippen LogP contribution in [0.1, 0.15) is 25.5 Å². The largest absolute Gasteiger partial charge is 0.475 e. The standard InChI is InChI=1S/C15H20N4O/c1-11(2)20-14-8-9-17-15(19-14)18-10-13(16)12-6-4-3-5-7-12/h3-9,11,13H,10,16H2,1-2H3,(H,17,18,19). The molecule has 5 heteroatoms. The van der Waals surface area contributed by atoms with Gasteiger partial charge in [-0.1, -0.05) is 30.3 Å². The molecule has 1 atom stereocenters. The zero-order chi connectivity index (χ0) is 14.4. The van der Waals surface area contributed by atoms with Crippen LogP contribution >= 0.6 is 0 Å². The second-order valence-electron chi connectivity index (χ2n) is 4.78. The predicted molar refractivity (Wildman–Crippen MR) is 79.7 cm³/mol. The van der Waals surface area contributed by atoms with Gasteiger partial charge in [0.25, 0.3) is 0 Å². The second kappa shape index (κ2) is 6.86. The predicted octanol–water partition coefficient (Wildman–Crippen LogP) is 2.38. The first-order valence-electron chi connectivity index (χ1n) is 6.69. The number of benzene rings is 1. The molecular weight excluding hydrogens is 252 g/mol. The lowest BCUT2D eigenvalue weighted by Gasteiger charge is -2.14. The molecule has 0 fully saturated rings. The third-order valence-electron chi connectivity index (χ3n) is 2.69. The summed E-state index contributed by atoms with van der Waals surface area (Å²) in [5.41, 5.74) is 7.19. The number of hydrogen-bond acceptors (Lipinski definition) is 5. The summed E-state index contributed by atoms with van der Waals surface area (Å²) in [5, 5.41) is 3.13. The minimum atomic E-state index is -0.102. The molecule has 0 aliphatic carbocycles. The molecule has 0 saturated heterocycles. The van der Waals surface area contributed by atoms with E-state index in [0.717, 1.165) is 5.56 Å². The monoisotopic (exact) mass is 272 g/mol. The number of nitrogens with two attached hydrogens (primary N) is 1. The van der Waals surface area contributed by atoms with Crippen molar-refractivity contribution >= 4 is 5.95 Å². The van der Waals surface area contributed by atoms with Gasteiger partial charge in [-0.25, -0.2) is 4.98 Å². The maximum absolute atomic E-state index is 6.11. The van der Waals surface area contributed by atoms with Crippen molar-refractivity contribution in [1.82, 2.24) is 9.97 Å². The Morgan fingerprint density at radius 2 is 1.95 bits per heavy atom.